The number of anilines is 2. The van der Waals surface area contributed by atoms with E-state index in [4.69, 9.17) is 9.47 Å². The Hall–Kier alpha value is -3.44. The topological polar surface area (TPSA) is 105 Å². The van der Waals surface area contributed by atoms with E-state index in [1.54, 1.807) is 45.2 Å². The Labute approximate surface area is 262 Å². The first kappa shape index (κ1) is 34.4. The number of aromatic nitrogens is 1. The predicted molar refractivity (Wildman–Crippen MR) is 170 cm³/mol. The Morgan fingerprint density at radius 3 is 2.47 bits per heavy atom. The van der Waals surface area contributed by atoms with E-state index < -0.39 is 33.9 Å². The van der Waals surface area contributed by atoms with Crippen LogP contribution in [0.3, 0.4) is 0 Å². The van der Waals surface area contributed by atoms with E-state index in [-0.39, 0.29) is 29.8 Å². The molecule has 3 N–H and O–H groups in total. The van der Waals surface area contributed by atoms with E-state index in [1.165, 1.54) is 23.8 Å². The van der Waals surface area contributed by atoms with Crippen molar-refractivity contribution in [2.45, 2.75) is 61.7 Å². The molecule has 1 aromatic heterocycles. The van der Waals surface area contributed by atoms with Crippen LogP contribution in [-0.2, 0) is 21.1 Å². The highest BCUT2D eigenvalue weighted by atomic mass is 32.2. The molecule has 0 bridgehead atoms. The van der Waals surface area contributed by atoms with Crippen molar-refractivity contribution in [3.63, 3.8) is 0 Å². The third-order valence-corrected chi connectivity index (χ3v) is 9.92. The summed E-state index contributed by atoms with van der Waals surface area (Å²) in [6.07, 6.45) is -3.35. The highest BCUT2D eigenvalue weighted by Gasteiger charge is 2.30. The van der Waals surface area contributed by atoms with Crippen LogP contribution in [0.4, 0.5) is 24.5 Å². The summed E-state index contributed by atoms with van der Waals surface area (Å²) in [5.41, 5.74) is 1.91. The molecule has 4 rings (SSSR count). The number of halogens is 3. The summed E-state index contributed by atoms with van der Waals surface area (Å²) < 4.78 is 77.6. The van der Waals surface area contributed by atoms with Crippen molar-refractivity contribution in [2.75, 3.05) is 57.6 Å². The molecule has 0 radical (unpaired) electrons. The molecular weight excluding hydrogens is 609 g/mol. The molecule has 1 fully saturated rings. The van der Waals surface area contributed by atoms with Crippen LogP contribution >= 0.6 is 0 Å². The number of fused-ring (bicyclic) bond motifs is 1. The molecular formula is C32H41F3N4O5S. The van der Waals surface area contributed by atoms with Gasteiger partial charge in [-0.1, -0.05) is 12.0 Å². The number of hydrogen-bond donors (Lipinski definition) is 3. The van der Waals surface area contributed by atoms with Gasteiger partial charge < -0.3 is 34.7 Å². The first-order valence-electron chi connectivity index (χ1n) is 14.8. The smallest absolute Gasteiger partial charge is 0.406 e. The Kier molecular flexibility index (Phi) is 11.3. The average molecular weight is 651 g/mol. The average Bonchev–Trinajstić information content (AvgIpc) is 3.32. The number of likely N-dealkylation sites (tertiary alicyclic amines) is 1. The third kappa shape index (κ3) is 8.85. The van der Waals surface area contributed by atoms with E-state index >= 15 is 0 Å². The van der Waals surface area contributed by atoms with Gasteiger partial charge in [0.1, 0.15) is 12.3 Å². The largest absolute Gasteiger partial charge is 0.495 e. The summed E-state index contributed by atoms with van der Waals surface area (Å²) in [6.45, 7) is 4.49. The highest BCUT2D eigenvalue weighted by molar-refractivity contribution is 7.92. The minimum absolute atomic E-state index is 0.0862. The summed E-state index contributed by atoms with van der Waals surface area (Å²) in [6, 6.07) is 11.6. The van der Waals surface area contributed by atoms with E-state index in [1.807, 2.05) is 6.07 Å². The lowest BCUT2D eigenvalue weighted by atomic mass is 10.0. The number of benzene rings is 2. The zero-order chi connectivity index (χ0) is 32.8. The van der Waals surface area contributed by atoms with Crippen molar-refractivity contribution >= 4 is 32.1 Å². The second-order valence-corrected chi connectivity index (χ2v) is 13.9. The fourth-order valence-electron chi connectivity index (χ4n) is 5.43. The number of nitrogens with one attached hydrogen (secondary N) is 2. The van der Waals surface area contributed by atoms with Crippen molar-refractivity contribution in [1.29, 1.82) is 0 Å². The zero-order valence-corrected chi connectivity index (χ0v) is 26.8. The fourth-order valence-corrected chi connectivity index (χ4v) is 6.50. The Balaban J connectivity index is 1.51. The molecule has 1 atom stereocenters. The van der Waals surface area contributed by atoms with E-state index in [0.29, 0.717) is 28.9 Å². The molecule has 2 heterocycles. The van der Waals surface area contributed by atoms with Gasteiger partial charge in [-0.3, -0.25) is 0 Å². The van der Waals surface area contributed by atoms with E-state index in [0.717, 1.165) is 31.6 Å². The van der Waals surface area contributed by atoms with Gasteiger partial charge in [-0.05, 0) is 62.9 Å². The van der Waals surface area contributed by atoms with Gasteiger partial charge in [0.2, 0.25) is 0 Å². The Bertz CT molecular complexity index is 1620. The van der Waals surface area contributed by atoms with Crippen LogP contribution in [0.1, 0.15) is 32.4 Å². The molecule has 9 nitrogen and oxygen atoms in total. The molecule has 1 aliphatic heterocycles. The minimum Gasteiger partial charge on any atom is -0.495 e. The number of methoxy groups -OCH3 is 2. The number of aliphatic hydroxyl groups excluding tert-OH is 1. The first-order chi connectivity index (χ1) is 21.3. The minimum atomic E-state index is -4.45. The van der Waals surface area contributed by atoms with Crippen molar-refractivity contribution in [3.8, 4) is 17.6 Å². The lowest BCUT2D eigenvalue weighted by Crippen LogP contribution is -2.43. The van der Waals surface area contributed by atoms with Crippen LogP contribution in [0.15, 0.2) is 47.4 Å². The summed E-state index contributed by atoms with van der Waals surface area (Å²) >= 11 is 0. The second-order valence-electron chi connectivity index (χ2n) is 11.4. The second kappa shape index (κ2) is 14.8. The quantitative estimate of drug-likeness (QED) is 0.242. The molecule has 13 heteroatoms. The summed E-state index contributed by atoms with van der Waals surface area (Å²) in [5.74, 6) is 6.11. The zero-order valence-electron chi connectivity index (χ0n) is 25.9. The maximum atomic E-state index is 13.7. The molecule has 1 unspecified atom stereocenters. The van der Waals surface area contributed by atoms with Gasteiger partial charge in [0, 0.05) is 49.9 Å². The number of nitrogens with zero attached hydrogens (tertiary/aromatic N) is 2. The lowest BCUT2D eigenvalue weighted by Gasteiger charge is -2.34. The molecule has 2 aromatic carbocycles. The number of alkyl halides is 3. The van der Waals surface area contributed by atoms with Crippen LogP contribution < -0.4 is 15.4 Å². The van der Waals surface area contributed by atoms with Gasteiger partial charge in [0.15, 0.2) is 9.84 Å². The van der Waals surface area contributed by atoms with Crippen molar-refractivity contribution in [1.82, 2.24) is 9.47 Å². The SMILES string of the molecule is COCC(O)CN1CCC(Nc2cccc3c2cc(C#CCNc2ccc(S(=O)(=O)C(C)C)cc2OC)n3CC(F)(F)F)CC1. The van der Waals surface area contributed by atoms with Crippen LogP contribution in [0.5, 0.6) is 5.75 Å². The number of β-amino-alcohol motifs (C(OH)–C–C–N with tert-alkyl or cyclic N) is 1. The molecule has 1 saturated heterocycles. The van der Waals surface area contributed by atoms with Crippen molar-refractivity contribution in [2.24, 2.45) is 0 Å². The number of piperidine rings is 1. The standard InChI is InChI=1S/C32H41F3N4O5S/c1-22(2)45(41,42)26-10-11-29(31(18-26)44-4)36-14-6-7-24-17-27-28(8-5-9-30(27)39(24)21-32(33,34)35)37-23-12-15-38(16-13-23)19-25(40)20-43-3/h5,8-11,17-18,22-23,25,36-37,40H,12-16,19-21H2,1-4H3. The maximum Gasteiger partial charge on any atom is 0.406 e. The first-order valence-corrected chi connectivity index (χ1v) is 16.4. The normalized spacial score (nSPS) is 15.6. The van der Waals surface area contributed by atoms with E-state index in [9.17, 15) is 26.7 Å². The molecule has 0 saturated carbocycles. The van der Waals surface area contributed by atoms with Crippen LogP contribution in [0.25, 0.3) is 10.9 Å². The van der Waals surface area contributed by atoms with Crippen LogP contribution in [-0.4, -0.2) is 93.6 Å². The molecule has 0 aliphatic carbocycles. The highest BCUT2D eigenvalue weighted by Crippen LogP contribution is 2.32. The number of rotatable bonds is 12. The van der Waals surface area contributed by atoms with Crippen LogP contribution in [0, 0.1) is 11.8 Å². The Morgan fingerprint density at radius 2 is 1.82 bits per heavy atom. The molecule has 45 heavy (non-hydrogen) atoms. The molecule has 246 valence electrons. The van der Waals surface area contributed by atoms with Crippen molar-refractivity contribution < 1.29 is 36.2 Å². The molecule has 1 aliphatic rings. The van der Waals surface area contributed by atoms with E-state index in [2.05, 4.69) is 27.4 Å². The van der Waals surface area contributed by atoms with Gasteiger partial charge >= 0.3 is 6.18 Å². The monoisotopic (exact) mass is 650 g/mol. The number of ether oxygens (including phenoxy) is 2. The fraction of sp³-hybridized carbons (Fsp3) is 0.500. The van der Waals surface area contributed by atoms with Crippen LogP contribution in [0.2, 0.25) is 0 Å². The van der Waals surface area contributed by atoms with Gasteiger partial charge in [0.25, 0.3) is 0 Å². The lowest BCUT2D eigenvalue weighted by molar-refractivity contribution is -0.140. The Morgan fingerprint density at radius 1 is 1.09 bits per heavy atom. The van der Waals surface area contributed by atoms with Gasteiger partial charge in [-0.2, -0.15) is 13.2 Å². The summed E-state index contributed by atoms with van der Waals surface area (Å²) in [7, 11) is -0.513. The molecule has 0 spiro atoms. The number of sulfone groups is 1. The maximum absolute atomic E-state index is 13.7. The number of hydrogen-bond acceptors (Lipinski definition) is 8. The molecule has 3 aromatic rings. The van der Waals surface area contributed by atoms with Gasteiger partial charge in [0.05, 0.1) is 53.4 Å². The summed E-state index contributed by atoms with van der Waals surface area (Å²) in [4.78, 5) is 2.32. The van der Waals surface area contributed by atoms with Gasteiger partial charge in [-0.15, -0.1) is 0 Å². The van der Waals surface area contributed by atoms with Gasteiger partial charge in [-0.25, -0.2) is 8.42 Å². The summed E-state index contributed by atoms with van der Waals surface area (Å²) in [5, 5.41) is 16.7. The molecule has 0 amide bonds. The van der Waals surface area contributed by atoms with Crippen molar-refractivity contribution in [3.05, 3.63) is 48.2 Å². The third-order valence-electron chi connectivity index (χ3n) is 7.76. The number of aliphatic hydroxyl groups is 1. The predicted octanol–water partition coefficient (Wildman–Crippen LogP) is 4.74.